The summed E-state index contributed by atoms with van der Waals surface area (Å²) in [5.74, 6) is 0.626. The van der Waals surface area contributed by atoms with Crippen LogP contribution in [0.3, 0.4) is 0 Å². The lowest BCUT2D eigenvalue weighted by Gasteiger charge is -2.36. The molecule has 2 aliphatic rings. The number of benzene rings is 2. The second-order valence-corrected chi connectivity index (χ2v) is 6.44. The molecule has 0 bridgehead atoms. The quantitative estimate of drug-likeness (QED) is 0.800. The van der Waals surface area contributed by atoms with E-state index >= 15 is 0 Å². The molecule has 0 unspecified atom stereocenters. The molecule has 124 valence electrons. The molecule has 2 aromatic carbocycles. The van der Waals surface area contributed by atoms with Gasteiger partial charge in [-0.1, -0.05) is 37.3 Å². The first-order valence-electron chi connectivity index (χ1n) is 8.68. The van der Waals surface area contributed by atoms with Crippen LogP contribution in [0.4, 0.5) is 10.1 Å². The summed E-state index contributed by atoms with van der Waals surface area (Å²) in [5.41, 5.74) is 3.82. The number of piperazine rings is 1. The molecule has 0 amide bonds. The summed E-state index contributed by atoms with van der Waals surface area (Å²) in [6, 6.07) is 13.5. The summed E-state index contributed by atoms with van der Waals surface area (Å²) in [5, 5.41) is 0. The Bertz CT molecular complexity index is 776. The molecule has 4 heteroatoms. The summed E-state index contributed by atoms with van der Waals surface area (Å²) >= 11 is 0. The summed E-state index contributed by atoms with van der Waals surface area (Å²) < 4.78 is 14.7. The average Bonchev–Trinajstić information content (AvgIpc) is 2.79. The van der Waals surface area contributed by atoms with E-state index in [0.717, 1.165) is 61.8 Å². The van der Waals surface area contributed by atoms with E-state index < -0.39 is 0 Å². The van der Waals surface area contributed by atoms with E-state index in [1.54, 1.807) is 12.1 Å². The van der Waals surface area contributed by atoms with Gasteiger partial charge in [-0.25, -0.2) is 9.38 Å². The highest BCUT2D eigenvalue weighted by atomic mass is 19.1. The lowest BCUT2D eigenvalue weighted by Crippen LogP contribution is -2.49. The Labute approximate surface area is 142 Å². The van der Waals surface area contributed by atoms with Gasteiger partial charge in [0.05, 0.1) is 11.3 Å². The van der Waals surface area contributed by atoms with Crippen LogP contribution in [0.5, 0.6) is 0 Å². The SMILES string of the molecule is CCN1CCN(C2=Nc3ccccc3Cc3cccc(F)c32)CC1. The molecule has 3 nitrogen and oxygen atoms in total. The highest BCUT2D eigenvalue weighted by molar-refractivity contribution is 6.02. The summed E-state index contributed by atoms with van der Waals surface area (Å²) in [6.07, 6.45) is 0.727. The zero-order valence-corrected chi connectivity index (χ0v) is 14.0. The molecule has 0 saturated carbocycles. The summed E-state index contributed by atoms with van der Waals surface area (Å²) in [4.78, 5) is 9.57. The Morgan fingerprint density at radius 3 is 2.50 bits per heavy atom. The fourth-order valence-electron chi connectivity index (χ4n) is 3.62. The van der Waals surface area contributed by atoms with E-state index in [-0.39, 0.29) is 5.82 Å². The van der Waals surface area contributed by atoms with Crippen LogP contribution in [0.2, 0.25) is 0 Å². The van der Waals surface area contributed by atoms with E-state index in [2.05, 4.69) is 22.8 Å². The number of amidine groups is 1. The maximum Gasteiger partial charge on any atom is 0.139 e. The molecule has 0 aliphatic carbocycles. The van der Waals surface area contributed by atoms with Gasteiger partial charge in [0.2, 0.25) is 0 Å². The van der Waals surface area contributed by atoms with Gasteiger partial charge in [-0.15, -0.1) is 0 Å². The van der Waals surface area contributed by atoms with Gasteiger partial charge in [0.15, 0.2) is 0 Å². The van der Waals surface area contributed by atoms with Gasteiger partial charge in [-0.05, 0) is 29.8 Å². The van der Waals surface area contributed by atoms with Crippen molar-refractivity contribution in [3.8, 4) is 0 Å². The number of fused-ring (bicyclic) bond motifs is 2. The van der Waals surface area contributed by atoms with Gasteiger partial charge in [0, 0.05) is 32.6 Å². The van der Waals surface area contributed by atoms with Gasteiger partial charge < -0.3 is 9.80 Å². The molecule has 2 heterocycles. The molecule has 1 saturated heterocycles. The average molecular weight is 323 g/mol. The normalized spacial score (nSPS) is 17.8. The summed E-state index contributed by atoms with van der Waals surface area (Å²) in [7, 11) is 0. The maximum absolute atomic E-state index is 14.7. The van der Waals surface area contributed by atoms with Gasteiger partial charge in [0.1, 0.15) is 11.7 Å². The molecule has 0 spiro atoms. The second-order valence-electron chi connectivity index (χ2n) is 6.44. The highest BCUT2D eigenvalue weighted by Crippen LogP contribution is 2.31. The van der Waals surface area contributed by atoms with E-state index in [1.165, 1.54) is 0 Å². The molecular formula is C20H22FN3. The predicted molar refractivity (Wildman–Crippen MR) is 95.5 cm³/mol. The van der Waals surface area contributed by atoms with Crippen LogP contribution in [-0.4, -0.2) is 48.4 Å². The van der Waals surface area contributed by atoms with Crippen LogP contribution in [-0.2, 0) is 6.42 Å². The van der Waals surface area contributed by atoms with Crippen LogP contribution >= 0.6 is 0 Å². The Morgan fingerprint density at radius 2 is 1.71 bits per heavy atom. The first kappa shape index (κ1) is 15.3. The van der Waals surface area contributed by atoms with Gasteiger partial charge in [-0.2, -0.15) is 0 Å². The number of halogens is 1. The maximum atomic E-state index is 14.7. The first-order chi connectivity index (χ1) is 11.8. The van der Waals surface area contributed by atoms with Crippen LogP contribution in [0.1, 0.15) is 23.6 Å². The van der Waals surface area contributed by atoms with Crippen LogP contribution in [0.25, 0.3) is 0 Å². The van der Waals surface area contributed by atoms with Crippen molar-refractivity contribution in [3.63, 3.8) is 0 Å². The topological polar surface area (TPSA) is 18.8 Å². The van der Waals surface area contributed by atoms with Crippen molar-refractivity contribution < 1.29 is 4.39 Å². The number of rotatable bonds is 1. The minimum Gasteiger partial charge on any atom is -0.353 e. The molecule has 0 N–H and O–H groups in total. The van der Waals surface area contributed by atoms with Crippen LogP contribution < -0.4 is 0 Å². The predicted octanol–water partition coefficient (Wildman–Crippen LogP) is 3.45. The third-order valence-electron chi connectivity index (χ3n) is 5.04. The number of nitrogens with zero attached hydrogens (tertiary/aromatic N) is 3. The van der Waals surface area contributed by atoms with Crippen molar-refractivity contribution in [2.45, 2.75) is 13.3 Å². The standard InChI is InChI=1S/C20H22FN3/c1-2-23-10-12-24(13-11-23)20-19-16(7-5-8-17(19)21)14-15-6-3-4-9-18(15)22-20/h3-9H,2,10-14H2,1H3. The van der Waals surface area contributed by atoms with Crippen molar-refractivity contribution in [1.82, 2.24) is 9.80 Å². The Morgan fingerprint density at radius 1 is 0.958 bits per heavy atom. The molecule has 1 fully saturated rings. The minimum atomic E-state index is -0.169. The van der Waals surface area contributed by atoms with Crippen LogP contribution in [0, 0.1) is 5.82 Å². The second kappa shape index (κ2) is 6.36. The molecule has 2 aliphatic heterocycles. The third-order valence-corrected chi connectivity index (χ3v) is 5.04. The van der Waals surface area contributed by atoms with Crippen molar-refractivity contribution in [2.24, 2.45) is 4.99 Å². The molecular weight excluding hydrogens is 301 g/mol. The van der Waals surface area contributed by atoms with Crippen molar-refractivity contribution in [2.75, 3.05) is 32.7 Å². The van der Waals surface area contributed by atoms with E-state index in [9.17, 15) is 4.39 Å². The number of hydrogen-bond donors (Lipinski definition) is 0. The van der Waals surface area contributed by atoms with E-state index in [0.29, 0.717) is 5.56 Å². The number of para-hydroxylation sites is 1. The smallest absolute Gasteiger partial charge is 0.139 e. The van der Waals surface area contributed by atoms with Gasteiger partial charge in [-0.3, -0.25) is 0 Å². The number of hydrogen-bond acceptors (Lipinski definition) is 3. The zero-order valence-electron chi connectivity index (χ0n) is 14.0. The molecule has 0 atom stereocenters. The van der Waals surface area contributed by atoms with E-state index in [4.69, 9.17) is 4.99 Å². The van der Waals surface area contributed by atoms with E-state index in [1.807, 2.05) is 24.3 Å². The Balaban J connectivity index is 1.80. The molecule has 24 heavy (non-hydrogen) atoms. The third kappa shape index (κ3) is 2.71. The highest BCUT2D eigenvalue weighted by Gasteiger charge is 2.26. The van der Waals surface area contributed by atoms with Crippen LogP contribution in [0.15, 0.2) is 47.5 Å². The van der Waals surface area contributed by atoms with Crippen molar-refractivity contribution in [1.29, 1.82) is 0 Å². The van der Waals surface area contributed by atoms with Crippen molar-refractivity contribution >= 4 is 11.5 Å². The Hall–Kier alpha value is -2.20. The number of likely N-dealkylation sites (N-methyl/N-ethyl adjacent to an activating group) is 1. The van der Waals surface area contributed by atoms with Crippen molar-refractivity contribution in [3.05, 3.63) is 65.0 Å². The molecule has 0 aromatic heterocycles. The fourth-order valence-corrected chi connectivity index (χ4v) is 3.62. The number of aliphatic imine (C=N–C) groups is 1. The van der Waals surface area contributed by atoms with Gasteiger partial charge >= 0.3 is 0 Å². The minimum absolute atomic E-state index is 0.169. The lowest BCUT2D eigenvalue weighted by atomic mass is 9.98. The molecule has 0 radical (unpaired) electrons. The lowest BCUT2D eigenvalue weighted by molar-refractivity contribution is 0.190. The largest absolute Gasteiger partial charge is 0.353 e. The molecule has 4 rings (SSSR count). The van der Waals surface area contributed by atoms with Gasteiger partial charge in [0.25, 0.3) is 0 Å². The molecule has 2 aromatic rings. The fraction of sp³-hybridized carbons (Fsp3) is 0.350. The monoisotopic (exact) mass is 323 g/mol. The Kier molecular flexibility index (Phi) is 4.07. The summed E-state index contributed by atoms with van der Waals surface area (Å²) in [6.45, 7) is 7.03. The zero-order chi connectivity index (χ0) is 16.5. The first-order valence-corrected chi connectivity index (χ1v) is 8.68.